The van der Waals surface area contributed by atoms with E-state index in [1.54, 1.807) is 11.8 Å². The first-order valence-electron chi connectivity index (χ1n) is 10.4. The zero-order valence-corrected chi connectivity index (χ0v) is 18.8. The van der Waals surface area contributed by atoms with Crippen LogP contribution in [0.4, 0.5) is 11.8 Å². The SMILES string of the molecule is COc1ccc(-c2nc(N3CCN(C)CC3)nc3nn(-c4ccc(Cl)cc4)c(N)c23)cc1. The van der Waals surface area contributed by atoms with Crippen LogP contribution in [0.5, 0.6) is 5.75 Å². The van der Waals surface area contributed by atoms with Crippen molar-refractivity contribution >= 4 is 34.4 Å². The number of anilines is 2. The van der Waals surface area contributed by atoms with Gasteiger partial charge >= 0.3 is 0 Å². The first kappa shape index (κ1) is 20.5. The van der Waals surface area contributed by atoms with Crippen LogP contribution in [0.15, 0.2) is 48.5 Å². The van der Waals surface area contributed by atoms with E-state index in [9.17, 15) is 0 Å². The second-order valence-corrected chi connectivity index (χ2v) is 8.30. The van der Waals surface area contributed by atoms with E-state index < -0.39 is 0 Å². The third-order valence-corrected chi connectivity index (χ3v) is 6.03. The van der Waals surface area contributed by atoms with Crippen LogP contribution in [-0.4, -0.2) is 65.0 Å². The molecule has 164 valence electrons. The van der Waals surface area contributed by atoms with Crippen molar-refractivity contribution in [2.45, 2.75) is 0 Å². The fourth-order valence-electron chi connectivity index (χ4n) is 3.88. The second-order valence-electron chi connectivity index (χ2n) is 7.86. The third-order valence-electron chi connectivity index (χ3n) is 5.78. The molecule has 2 aromatic heterocycles. The Kier molecular flexibility index (Phi) is 5.32. The van der Waals surface area contributed by atoms with E-state index >= 15 is 0 Å². The highest BCUT2D eigenvalue weighted by Crippen LogP contribution is 2.34. The largest absolute Gasteiger partial charge is 0.497 e. The molecule has 0 radical (unpaired) electrons. The van der Waals surface area contributed by atoms with Crippen LogP contribution in [0.3, 0.4) is 0 Å². The first-order chi connectivity index (χ1) is 15.5. The summed E-state index contributed by atoms with van der Waals surface area (Å²) in [5.41, 5.74) is 9.65. The van der Waals surface area contributed by atoms with Gasteiger partial charge in [-0.2, -0.15) is 4.98 Å². The Balaban J connectivity index is 1.69. The molecule has 4 aromatic rings. The van der Waals surface area contributed by atoms with E-state index in [1.807, 2.05) is 48.5 Å². The Labute approximate surface area is 191 Å². The standard InChI is InChI=1S/C23H24ClN7O/c1-29-11-13-30(14-12-29)23-26-20(15-3-9-18(32-2)10-4-15)19-21(25)31(28-22(19)27-23)17-7-5-16(24)6-8-17/h3-10H,11-14,25H2,1-2H3. The quantitative estimate of drug-likeness (QED) is 0.510. The van der Waals surface area contributed by atoms with Crippen molar-refractivity contribution in [3.63, 3.8) is 0 Å². The molecule has 1 fully saturated rings. The van der Waals surface area contributed by atoms with Crippen molar-refractivity contribution in [2.24, 2.45) is 0 Å². The summed E-state index contributed by atoms with van der Waals surface area (Å²) in [5, 5.41) is 6.12. The van der Waals surface area contributed by atoms with E-state index in [4.69, 9.17) is 37.1 Å². The third kappa shape index (κ3) is 3.72. The van der Waals surface area contributed by atoms with Crippen LogP contribution < -0.4 is 15.4 Å². The smallest absolute Gasteiger partial charge is 0.228 e. The number of rotatable bonds is 4. The Morgan fingerprint density at radius 3 is 2.28 bits per heavy atom. The molecule has 0 unspecified atom stereocenters. The molecule has 1 saturated heterocycles. The predicted molar refractivity (Wildman–Crippen MR) is 128 cm³/mol. The first-order valence-corrected chi connectivity index (χ1v) is 10.8. The average molecular weight is 450 g/mol. The summed E-state index contributed by atoms with van der Waals surface area (Å²) in [5.74, 6) is 1.93. The van der Waals surface area contributed by atoms with Crippen molar-refractivity contribution in [2.75, 3.05) is 51.0 Å². The van der Waals surface area contributed by atoms with Crippen LogP contribution in [0, 0.1) is 0 Å². The highest BCUT2D eigenvalue weighted by atomic mass is 35.5. The Bertz CT molecular complexity index is 1250. The van der Waals surface area contributed by atoms with Gasteiger partial charge in [0.05, 0.1) is 23.9 Å². The van der Waals surface area contributed by atoms with Crippen LogP contribution in [0.1, 0.15) is 0 Å². The molecule has 1 aliphatic rings. The number of methoxy groups -OCH3 is 1. The molecule has 0 atom stereocenters. The zero-order chi connectivity index (χ0) is 22.2. The molecular weight excluding hydrogens is 426 g/mol. The number of hydrogen-bond donors (Lipinski definition) is 1. The molecule has 32 heavy (non-hydrogen) atoms. The van der Waals surface area contributed by atoms with E-state index in [2.05, 4.69) is 16.8 Å². The molecular formula is C23H24ClN7O. The predicted octanol–water partition coefficient (Wildman–Crippen LogP) is 3.48. The van der Waals surface area contributed by atoms with Gasteiger partial charge in [-0.15, -0.1) is 5.10 Å². The highest BCUT2D eigenvalue weighted by molar-refractivity contribution is 6.30. The topological polar surface area (TPSA) is 85.3 Å². The number of nitrogens with zero attached hydrogens (tertiary/aromatic N) is 6. The molecule has 1 aliphatic heterocycles. The van der Waals surface area contributed by atoms with E-state index in [-0.39, 0.29) is 0 Å². The summed E-state index contributed by atoms with van der Waals surface area (Å²) >= 11 is 6.06. The lowest BCUT2D eigenvalue weighted by Crippen LogP contribution is -2.45. The maximum atomic E-state index is 6.59. The van der Waals surface area contributed by atoms with Gasteiger partial charge < -0.3 is 20.3 Å². The van der Waals surface area contributed by atoms with Gasteiger partial charge in [-0.25, -0.2) is 9.67 Å². The van der Waals surface area contributed by atoms with E-state index in [0.29, 0.717) is 22.4 Å². The highest BCUT2D eigenvalue weighted by Gasteiger charge is 2.23. The van der Waals surface area contributed by atoms with Crippen molar-refractivity contribution in [3.05, 3.63) is 53.6 Å². The van der Waals surface area contributed by atoms with Crippen LogP contribution in [0.2, 0.25) is 5.02 Å². The van der Waals surface area contributed by atoms with Crippen LogP contribution >= 0.6 is 11.6 Å². The van der Waals surface area contributed by atoms with Crippen LogP contribution in [-0.2, 0) is 0 Å². The number of ether oxygens (including phenoxy) is 1. The number of aromatic nitrogens is 4. The molecule has 3 heterocycles. The summed E-state index contributed by atoms with van der Waals surface area (Å²) in [7, 11) is 3.77. The van der Waals surface area contributed by atoms with E-state index in [1.165, 1.54) is 0 Å². The molecule has 2 N–H and O–H groups in total. The number of halogens is 1. The molecule has 0 bridgehead atoms. The minimum atomic E-state index is 0.484. The minimum absolute atomic E-state index is 0.484. The summed E-state index contributed by atoms with van der Waals surface area (Å²) in [6.45, 7) is 3.64. The Hall–Kier alpha value is -3.36. The molecule has 0 saturated carbocycles. The number of nitrogens with two attached hydrogens (primary N) is 1. The van der Waals surface area contributed by atoms with Crippen molar-refractivity contribution in [1.29, 1.82) is 0 Å². The van der Waals surface area contributed by atoms with Gasteiger partial charge in [0.2, 0.25) is 5.95 Å². The van der Waals surface area contributed by atoms with Gasteiger partial charge in [-0.1, -0.05) is 11.6 Å². The molecule has 2 aromatic carbocycles. The molecule has 8 nitrogen and oxygen atoms in total. The van der Waals surface area contributed by atoms with Gasteiger partial charge in [-0.05, 0) is 55.6 Å². The van der Waals surface area contributed by atoms with E-state index in [0.717, 1.165) is 54.3 Å². The van der Waals surface area contributed by atoms with Gasteiger partial charge in [0.25, 0.3) is 0 Å². The maximum Gasteiger partial charge on any atom is 0.228 e. The fourth-order valence-corrected chi connectivity index (χ4v) is 4.01. The van der Waals surface area contributed by atoms with Crippen molar-refractivity contribution in [3.8, 4) is 22.7 Å². The van der Waals surface area contributed by atoms with Gasteiger partial charge in [0.1, 0.15) is 11.6 Å². The summed E-state index contributed by atoms with van der Waals surface area (Å²) in [6.07, 6.45) is 0. The normalized spacial score (nSPS) is 14.8. The molecule has 0 aliphatic carbocycles. The van der Waals surface area contributed by atoms with Crippen molar-refractivity contribution in [1.82, 2.24) is 24.6 Å². The van der Waals surface area contributed by atoms with Gasteiger partial charge in [0.15, 0.2) is 5.65 Å². The number of likely N-dealkylation sites (N-methyl/N-ethyl adjacent to an activating group) is 1. The fraction of sp³-hybridized carbons (Fsp3) is 0.261. The summed E-state index contributed by atoms with van der Waals surface area (Å²) in [6, 6.07) is 15.2. The average Bonchev–Trinajstić information content (AvgIpc) is 3.16. The number of hydrogen-bond acceptors (Lipinski definition) is 7. The number of benzene rings is 2. The van der Waals surface area contributed by atoms with Gasteiger partial charge in [0, 0.05) is 36.8 Å². The summed E-state index contributed by atoms with van der Waals surface area (Å²) < 4.78 is 7.01. The molecule has 9 heteroatoms. The summed E-state index contributed by atoms with van der Waals surface area (Å²) in [4.78, 5) is 14.3. The zero-order valence-electron chi connectivity index (χ0n) is 18.0. The lowest BCUT2D eigenvalue weighted by atomic mass is 10.1. The second kappa shape index (κ2) is 8.29. The molecule has 5 rings (SSSR count). The number of piperazine rings is 1. The van der Waals surface area contributed by atoms with Gasteiger partial charge in [-0.3, -0.25) is 0 Å². The molecule has 0 amide bonds. The monoisotopic (exact) mass is 449 g/mol. The van der Waals surface area contributed by atoms with Crippen LogP contribution in [0.25, 0.3) is 28.0 Å². The molecule has 0 spiro atoms. The number of fused-ring (bicyclic) bond motifs is 1. The Morgan fingerprint density at radius 2 is 1.62 bits per heavy atom. The number of nitrogen functional groups attached to an aromatic ring is 1. The Morgan fingerprint density at radius 1 is 0.938 bits per heavy atom. The lowest BCUT2D eigenvalue weighted by Gasteiger charge is -2.32. The lowest BCUT2D eigenvalue weighted by molar-refractivity contribution is 0.311. The maximum absolute atomic E-state index is 6.59. The minimum Gasteiger partial charge on any atom is -0.497 e. The van der Waals surface area contributed by atoms with Crippen molar-refractivity contribution < 1.29 is 4.74 Å².